The van der Waals surface area contributed by atoms with Crippen molar-refractivity contribution < 1.29 is 9.53 Å². The molecule has 0 bridgehead atoms. The van der Waals surface area contributed by atoms with E-state index in [1.807, 2.05) is 17.9 Å². The maximum atomic E-state index is 12.7. The van der Waals surface area contributed by atoms with Gasteiger partial charge < -0.3 is 9.64 Å². The number of hydrogen-bond donors (Lipinski definition) is 0. The lowest BCUT2D eigenvalue weighted by Gasteiger charge is -2.34. The normalized spacial score (nSPS) is 17.8. The number of carbonyl (C=O) groups is 1. The minimum absolute atomic E-state index is 0.0758. The number of carbonyl (C=O) groups excluding carboxylic acids is 1. The summed E-state index contributed by atoms with van der Waals surface area (Å²) in [6, 6.07) is 1.91. The van der Waals surface area contributed by atoms with Crippen LogP contribution in [0, 0.1) is 6.92 Å². The second-order valence-electron chi connectivity index (χ2n) is 7.31. The molecule has 0 unspecified atom stereocenters. The van der Waals surface area contributed by atoms with Gasteiger partial charge in [0.05, 0.1) is 24.5 Å². The fourth-order valence-corrected chi connectivity index (χ4v) is 3.94. The van der Waals surface area contributed by atoms with E-state index in [9.17, 15) is 4.79 Å². The summed E-state index contributed by atoms with van der Waals surface area (Å²) >= 11 is 0. The quantitative estimate of drug-likeness (QED) is 0.820. The molecule has 144 valence electrons. The molecule has 1 fully saturated rings. The Labute approximate surface area is 159 Å². The summed E-state index contributed by atoms with van der Waals surface area (Å²) in [5.41, 5.74) is 5.43. The van der Waals surface area contributed by atoms with Crippen molar-refractivity contribution >= 4 is 5.91 Å². The maximum absolute atomic E-state index is 12.7. The smallest absolute Gasteiger partial charge is 0.255 e. The average Bonchev–Trinajstić information content (AvgIpc) is 3.06. The van der Waals surface area contributed by atoms with E-state index >= 15 is 0 Å². The van der Waals surface area contributed by atoms with Gasteiger partial charge in [0.15, 0.2) is 0 Å². The van der Waals surface area contributed by atoms with Crippen LogP contribution in [0.3, 0.4) is 0 Å². The number of ether oxygens (including phenoxy) is 1. The highest BCUT2D eigenvalue weighted by molar-refractivity contribution is 5.94. The summed E-state index contributed by atoms with van der Waals surface area (Å²) in [5.74, 6) is 0.0758. The zero-order valence-corrected chi connectivity index (χ0v) is 16.1. The molecule has 1 amide bonds. The molecule has 2 aromatic heterocycles. The summed E-state index contributed by atoms with van der Waals surface area (Å²) < 4.78 is 7.78. The molecule has 7 heteroatoms. The lowest BCUT2D eigenvalue weighted by atomic mass is 10.1. The number of nitrogens with zero attached hydrogens (tertiary/aromatic N) is 5. The van der Waals surface area contributed by atoms with E-state index in [1.165, 1.54) is 11.3 Å². The Morgan fingerprint density at radius 2 is 2.04 bits per heavy atom. The SMILES string of the molecule is CCn1nc(CN2CCN(C(=O)c3cncc(C)c3)CC2)c2c1CCOC2. The summed E-state index contributed by atoms with van der Waals surface area (Å²) in [4.78, 5) is 21.1. The van der Waals surface area contributed by atoms with Crippen LogP contribution < -0.4 is 0 Å². The fraction of sp³-hybridized carbons (Fsp3) is 0.550. The van der Waals surface area contributed by atoms with Gasteiger partial charge in [-0.2, -0.15) is 5.10 Å². The van der Waals surface area contributed by atoms with Gasteiger partial charge >= 0.3 is 0 Å². The molecule has 27 heavy (non-hydrogen) atoms. The highest BCUT2D eigenvalue weighted by Gasteiger charge is 2.26. The minimum atomic E-state index is 0.0758. The number of rotatable bonds is 4. The van der Waals surface area contributed by atoms with Gasteiger partial charge in [-0.25, -0.2) is 0 Å². The van der Waals surface area contributed by atoms with Crippen molar-refractivity contribution in [3.63, 3.8) is 0 Å². The third-order valence-electron chi connectivity index (χ3n) is 5.43. The Morgan fingerprint density at radius 1 is 1.22 bits per heavy atom. The molecule has 0 saturated carbocycles. The number of pyridine rings is 1. The topological polar surface area (TPSA) is 63.5 Å². The van der Waals surface area contributed by atoms with Crippen molar-refractivity contribution in [3.8, 4) is 0 Å². The van der Waals surface area contributed by atoms with E-state index in [1.54, 1.807) is 12.4 Å². The summed E-state index contributed by atoms with van der Waals surface area (Å²) in [6.07, 6.45) is 4.38. The Morgan fingerprint density at radius 3 is 2.78 bits per heavy atom. The van der Waals surface area contributed by atoms with E-state index in [2.05, 4.69) is 21.5 Å². The van der Waals surface area contributed by atoms with Gasteiger partial charge in [-0.15, -0.1) is 0 Å². The third kappa shape index (κ3) is 3.75. The largest absolute Gasteiger partial charge is 0.376 e. The molecule has 0 spiro atoms. The van der Waals surface area contributed by atoms with Crippen LogP contribution in [-0.4, -0.2) is 63.3 Å². The van der Waals surface area contributed by atoms with Crippen LogP contribution in [0.4, 0.5) is 0 Å². The summed E-state index contributed by atoms with van der Waals surface area (Å²) in [7, 11) is 0. The van der Waals surface area contributed by atoms with Gasteiger partial charge in [0.25, 0.3) is 5.91 Å². The fourth-order valence-electron chi connectivity index (χ4n) is 3.94. The molecule has 0 aliphatic carbocycles. The molecule has 2 aliphatic heterocycles. The maximum Gasteiger partial charge on any atom is 0.255 e. The van der Waals surface area contributed by atoms with Gasteiger partial charge in [0.2, 0.25) is 0 Å². The first-order valence-corrected chi connectivity index (χ1v) is 9.74. The predicted molar refractivity (Wildman–Crippen MR) is 101 cm³/mol. The molecular weight excluding hydrogens is 342 g/mol. The number of piperazine rings is 1. The molecular formula is C20H27N5O2. The van der Waals surface area contributed by atoms with Gasteiger partial charge in [-0.1, -0.05) is 0 Å². The van der Waals surface area contributed by atoms with Gasteiger partial charge in [0.1, 0.15) is 0 Å². The molecule has 7 nitrogen and oxygen atoms in total. The predicted octanol–water partition coefficient (Wildman–Crippen LogP) is 1.64. The standard InChI is InChI=1S/C20H27N5O2/c1-3-25-19-4-9-27-14-17(19)18(22-25)13-23-5-7-24(8-6-23)20(26)16-10-15(2)11-21-12-16/h10-12H,3-9,13-14H2,1-2H3. The monoisotopic (exact) mass is 369 g/mol. The molecule has 0 N–H and O–H groups in total. The highest BCUT2D eigenvalue weighted by Crippen LogP contribution is 2.22. The minimum Gasteiger partial charge on any atom is -0.376 e. The van der Waals surface area contributed by atoms with Gasteiger partial charge in [0, 0.05) is 69.3 Å². The van der Waals surface area contributed by atoms with Crippen LogP contribution in [0.15, 0.2) is 18.5 Å². The first-order chi connectivity index (χ1) is 13.2. The first-order valence-electron chi connectivity index (χ1n) is 9.74. The lowest BCUT2D eigenvalue weighted by molar-refractivity contribution is 0.0624. The van der Waals surface area contributed by atoms with E-state index in [0.29, 0.717) is 12.2 Å². The molecule has 1 saturated heterocycles. The van der Waals surface area contributed by atoms with Crippen molar-refractivity contribution in [2.45, 2.75) is 40.0 Å². The summed E-state index contributed by atoms with van der Waals surface area (Å²) in [6.45, 7) is 10.5. The van der Waals surface area contributed by atoms with Gasteiger partial charge in [-0.05, 0) is 25.5 Å². The molecule has 0 aromatic carbocycles. The molecule has 4 rings (SSSR count). The molecule has 4 heterocycles. The Hall–Kier alpha value is -2.25. The number of fused-ring (bicyclic) bond motifs is 1. The number of hydrogen-bond acceptors (Lipinski definition) is 5. The van der Waals surface area contributed by atoms with Crippen molar-refractivity contribution in [1.29, 1.82) is 0 Å². The molecule has 2 aliphatic rings. The van der Waals surface area contributed by atoms with E-state index in [4.69, 9.17) is 9.84 Å². The highest BCUT2D eigenvalue weighted by atomic mass is 16.5. The van der Waals surface area contributed by atoms with Crippen LogP contribution in [0.2, 0.25) is 0 Å². The second kappa shape index (κ2) is 7.78. The van der Waals surface area contributed by atoms with Crippen LogP contribution in [0.5, 0.6) is 0 Å². The number of amides is 1. The van der Waals surface area contributed by atoms with Crippen molar-refractivity contribution in [2.24, 2.45) is 0 Å². The first kappa shape index (κ1) is 18.1. The van der Waals surface area contributed by atoms with Crippen LogP contribution in [0.1, 0.15) is 39.8 Å². The zero-order valence-electron chi connectivity index (χ0n) is 16.1. The Bertz CT molecular complexity index is 824. The second-order valence-corrected chi connectivity index (χ2v) is 7.31. The van der Waals surface area contributed by atoms with Crippen molar-refractivity contribution in [1.82, 2.24) is 24.6 Å². The van der Waals surface area contributed by atoms with E-state index < -0.39 is 0 Å². The Kier molecular flexibility index (Phi) is 5.22. The van der Waals surface area contributed by atoms with E-state index in [0.717, 1.165) is 63.6 Å². The molecule has 0 atom stereocenters. The third-order valence-corrected chi connectivity index (χ3v) is 5.43. The van der Waals surface area contributed by atoms with Crippen LogP contribution in [0.25, 0.3) is 0 Å². The van der Waals surface area contributed by atoms with Crippen molar-refractivity contribution in [2.75, 3.05) is 32.8 Å². The van der Waals surface area contributed by atoms with Crippen LogP contribution in [-0.2, 0) is 30.9 Å². The van der Waals surface area contributed by atoms with Gasteiger partial charge in [-0.3, -0.25) is 19.4 Å². The average molecular weight is 369 g/mol. The van der Waals surface area contributed by atoms with Crippen molar-refractivity contribution in [3.05, 3.63) is 46.5 Å². The molecule has 2 aromatic rings. The lowest BCUT2D eigenvalue weighted by Crippen LogP contribution is -2.48. The number of aromatic nitrogens is 3. The van der Waals surface area contributed by atoms with E-state index in [-0.39, 0.29) is 5.91 Å². The Balaban J connectivity index is 1.39. The summed E-state index contributed by atoms with van der Waals surface area (Å²) in [5, 5.41) is 4.82. The molecule has 0 radical (unpaired) electrons. The zero-order chi connectivity index (χ0) is 18.8. The van der Waals surface area contributed by atoms with Crippen LogP contribution >= 0.6 is 0 Å². The number of aryl methyl sites for hydroxylation is 2.